The highest BCUT2D eigenvalue weighted by Gasteiger charge is 2.21. The number of aliphatic hydroxyl groups excluding tert-OH is 1. The molecule has 0 radical (unpaired) electrons. The molecule has 2 heterocycles. The van der Waals surface area contributed by atoms with Crippen LogP contribution in [0.2, 0.25) is 0 Å². The topological polar surface area (TPSA) is 52.7 Å². The van der Waals surface area contributed by atoms with Crippen molar-refractivity contribution in [1.29, 1.82) is 0 Å². The smallest absolute Gasteiger partial charge is 0.208 e. The van der Waals surface area contributed by atoms with E-state index in [0.717, 1.165) is 55.6 Å². The highest BCUT2D eigenvalue weighted by Crippen LogP contribution is 2.17. The quantitative estimate of drug-likeness (QED) is 0.910. The third kappa shape index (κ3) is 4.20. The molecule has 1 aliphatic rings. The number of hydrogen-bond donors (Lipinski definition) is 1. The molecule has 0 aliphatic carbocycles. The van der Waals surface area contributed by atoms with Gasteiger partial charge in [0.1, 0.15) is 11.6 Å². The van der Waals surface area contributed by atoms with E-state index in [0.29, 0.717) is 6.54 Å². The summed E-state index contributed by atoms with van der Waals surface area (Å²) >= 11 is 0. The van der Waals surface area contributed by atoms with Gasteiger partial charge in [0.05, 0.1) is 18.3 Å². The summed E-state index contributed by atoms with van der Waals surface area (Å²) in [5, 5.41) is 10.3. The van der Waals surface area contributed by atoms with Crippen LogP contribution in [-0.4, -0.2) is 52.6 Å². The standard InChI is InChI=1S/C18H24FN3O2/c1-13-14(2)24-18(20-13)12-22-9-7-21(8-10-22)11-17(23)15-3-5-16(19)6-4-15/h3-6,17,23H,7-12H2,1-2H3/t17-/m0/s1. The van der Waals surface area contributed by atoms with Crippen LogP contribution in [0.4, 0.5) is 4.39 Å². The SMILES string of the molecule is Cc1nc(CN2CCN(C[C@H](O)c3ccc(F)cc3)CC2)oc1C. The third-order valence-corrected chi connectivity index (χ3v) is 4.58. The van der Waals surface area contributed by atoms with E-state index in [1.54, 1.807) is 12.1 Å². The highest BCUT2D eigenvalue weighted by atomic mass is 19.1. The molecule has 0 spiro atoms. The summed E-state index contributed by atoms with van der Waals surface area (Å²) in [4.78, 5) is 8.97. The summed E-state index contributed by atoms with van der Waals surface area (Å²) in [6.07, 6.45) is -0.589. The van der Waals surface area contributed by atoms with Crippen molar-refractivity contribution in [2.45, 2.75) is 26.5 Å². The summed E-state index contributed by atoms with van der Waals surface area (Å²) in [7, 11) is 0. The fourth-order valence-corrected chi connectivity index (χ4v) is 2.96. The molecule has 1 atom stereocenters. The van der Waals surface area contributed by atoms with E-state index in [1.165, 1.54) is 12.1 Å². The lowest BCUT2D eigenvalue weighted by Gasteiger charge is -2.35. The highest BCUT2D eigenvalue weighted by molar-refractivity contribution is 5.18. The zero-order valence-corrected chi connectivity index (χ0v) is 14.2. The minimum Gasteiger partial charge on any atom is -0.444 e. The molecule has 2 aromatic rings. The summed E-state index contributed by atoms with van der Waals surface area (Å²) in [6, 6.07) is 6.06. The lowest BCUT2D eigenvalue weighted by Crippen LogP contribution is -2.47. The van der Waals surface area contributed by atoms with Crippen molar-refractivity contribution in [3.63, 3.8) is 0 Å². The van der Waals surface area contributed by atoms with Gasteiger partial charge < -0.3 is 9.52 Å². The Morgan fingerprint density at radius 2 is 1.75 bits per heavy atom. The van der Waals surface area contributed by atoms with Gasteiger partial charge in [-0.25, -0.2) is 9.37 Å². The van der Waals surface area contributed by atoms with Crippen LogP contribution < -0.4 is 0 Å². The number of β-amino-alcohol motifs (C(OH)–C–C–N with tert-alkyl or cyclic N) is 1. The van der Waals surface area contributed by atoms with Crippen molar-refractivity contribution in [2.75, 3.05) is 32.7 Å². The molecule has 24 heavy (non-hydrogen) atoms. The predicted molar refractivity (Wildman–Crippen MR) is 89.1 cm³/mol. The third-order valence-electron chi connectivity index (χ3n) is 4.58. The molecule has 1 aliphatic heterocycles. The molecule has 1 N–H and O–H groups in total. The monoisotopic (exact) mass is 333 g/mol. The average Bonchev–Trinajstić information content (AvgIpc) is 2.87. The summed E-state index contributed by atoms with van der Waals surface area (Å²) in [6.45, 7) is 8.78. The zero-order chi connectivity index (χ0) is 17.1. The minimum absolute atomic E-state index is 0.281. The summed E-state index contributed by atoms with van der Waals surface area (Å²) < 4.78 is 18.6. The van der Waals surface area contributed by atoms with Gasteiger partial charge >= 0.3 is 0 Å². The van der Waals surface area contributed by atoms with E-state index in [2.05, 4.69) is 14.8 Å². The lowest BCUT2D eigenvalue weighted by molar-refractivity contribution is 0.0670. The molecule has 1 fully saturated rings. The van der Waals surface area contributed by atoms with Gasteiger partial charge in [-0.3, -0.25) is 9.80 Å². The first-order valence-electron chi connectivity index (χ1n) is 8.32. The van der Waals surface area contributed by atoms with Gasteiger partial charge in [0.15, 0.2) is 0 Å². The van der Waals surface area contributed by atoms with Crippen molar-refractivity contribution >= 4 is 0 Å². The summed E-state index contributed by atoms with van der Waals surface area (Å²) in [5.74, 6) is 1.37. The van der Waals surface area contributed by atoms with E-state index in [-0.39, 0.29) is 5.82 Å². The molecular weight excluding hydrogens is 309 g/mol. The molecule has 1 saturated heterocycles. The number of piperazine rings is 1. The van der Waals surface area contributed by atoms with Crippen molar-refractivity contribution < 1.29 is 13.9 Å². The molecule has 3 rings (SSSR count). The van der Waals surface area contributed by atoms with E-state index in [4.69, 9.17) is 4.42 Å². The first kappa shape index (κ1) is 17.1. The molecule has 130 valence electrons. The Hall–Kier alpha value is -1.76. The molecule has 0 unspecified atom stereocenters. The Bertz CT molecular complexity index is 644. The number of halogens is 1. The van der Waals surface area contributed by atoms with Crippen LogP contribution in [0.15, 0.2) is 28.7 Å². The van der Waals surface area contributed by atoms with Crippen LogP contribution in [0.25, 0.3) is 0 Å². The number of benzene rings is 1. The summed E-state index contributed by atoms with van der Waals surface area (Å²) in [5.41, 5.74) is 1.70. The first-order valence-corrected chi connectivity index (χ1v) is 8.32. The average molecular weight is 333 g/mol. The minimum atomic E-state index is -0.589. The Morgan fingerprint density at radius 3 is 2.33 bits per heavy atom. The molecular formula is C18H24FN3O2. The molecule has 0 bridgehead atoms. The maximum absolute atomic E-state index is 12.9. The molecule has 5 nitrogen and oxygen atoms in total. The lowest BCUT2D eigenvalue weighted by atomic mass is 10.1. The maximum Gasteiger partial charge on any atom is 0.208 e. The first-order chi connectivity index (χ1) is 11.5. The number of aryl methyl sites for hydroxylation is 2. The largest absolute Gasteiger partial charge is 0.444 e. The number of aromatic nitrogens is 1. The number of aliphatic hydroxyl groups is 1. The Kier molecular flexibility index (Phi) is 5.28. The van der Waals surface area contributed by atoms with Crippen LogP contribution in [0.1, 0.15) is 29.0 Å². The Labute approximate surface area is 141 Å². The van der Waals surface area contributed by atoms with Crippen molar-refractivity contribution in [2.24, 2.45) is 0 Å². The second-order valence-corrected chi connectivity index (χ2v) is 6.39. The normalized spacial score (nSPS) is 18.0. The van der Waals surface area contributed by atoms with Crippen molar-refractivity contribution in [3.8, 4) is 0 Å². The number of nitrogens with zero attached hydrogens (tertiary/aromatic N) is 3. The molecule has 1 aromatic heterocycles. The van der Waals surface area contributed by atoms with Crippen molar-refractivity contribution in [3.05, 3.63) is 53.0 Å². The van der Waals surface area contributed by atoms with Crippen molar-refractivity contribution in [1.82, 2.24) is 14.8 Å². The van der Waals surface area contributed by atoms with Crippen LogP contribution in [-0.2, 0) is 6.54 Å². The number of oxazole rings is 1. The van der Waals surface area contributed by atoms with E-state index in [1.807, 2.05) is 13.8 Å². The van der Waals surface area contributed by atoms with Gasteiger partial charge in [0, 0.05) is 32.7 Å². The maximum atomic E-state index is 12.9. The zero-order valence-electron chi connectivity index (χ0n) is 14.2. The number of hydrogen-bond acceptors (Lipinski definition) is 5. The van der Waals surface area contributed by atoms with Gasteiger partial charge in [0.25, 0.3) is 0 Å². The van der Waals surface area contributed by atoms with Gasteiger partial charge in [-0.05, 0) is 31.5 Å². The van der Waals surface area contributed by atoms with Crippen LogP contribution in [0.3, 0.4) is 0 Å². The second kappa shape index (κ2) is 7.42. The van der Waals surface area contributed by atoms with Gasteiger partial charge in [-0.15, -0.1) is 0 Å². The van der Waals surface area contributed by atoms with Gasteiger partial charge in [0.2, 0.25) is 5.89 Å². The molecule has 0 amide bonds. The van der Waals surface area contributed by atoms with E-state index < -0.39 is 6.10 Å². The molecule has 6 heteroatoms. The Morgan fingerprint density at radius 1 is 1.12 bits per heavy atom. The predicted octanol–water partition coefficient (Wildman–Crippen LogP) is 2.28. The fourth-order valence-electron chi connectivity index (χ4n) is 2.96. The van der Waals surface area contributed by atoms with Crippen LogP contribution >= 0.6 is 0 Å². The second-order valence-electron chi connectivity index (χ2n) is 6.39. The van der Waals surface area contributed by atoms with Crippen LogP contribution in [0, 0.1) is 19.7 Å². The van der Waals surface area contributed by atoms with E-state index in [9.17, 15) is 9.50 Å². The Balaban J connectivity index is 1.47. The number of rotatable bonds is 5. The van der Waals surface area contributed by atoms with Gasteiger partial charge in [-0.2, -0.15) is 0 Å². The fraction of sp³-hybridized carbons (Fsp3) is 0.500. The molecule has 0 saturated carbocycles. The van der Waals surface area contributed by atoms with E-state index >= 15 is 0 Å². The van der Waals surface area contributed by atoms with Crippen LogP contribution in [0.5, 0.6) is 0 Å². The van der Waals surface area contributed by atoms with Gasteiger partial charge in [-0.1, -0.05) is 12.1 Å². The molecule has 1 aromatic carbocycles.